The zero-order valence-electron chi connectivity index (χ0n) is 21.0. The van der Waals surface area contributed by atoms with Crippen molar-refractivity contribution in [1.29, 1.82) is 0 Å². The van der Waals surface area contributed by atoms with E-state index in [4.69, 9.17) is 34.0 Å². The minimum Gasteiger partial charge on any atom is -0.413 e. The lowest BCUT2D eigenvalue weighted by Crippen LogP contribution is -2.54. The Morgan fingerprint density at radius 1 is 1.09 bits per heavy atom. The van der Waals surface area contributed by atoms with Crippen molar-refractivity contribution in [3.63, 3.8) is 0 Å². The predicted octanol–water partition coefficient (Wildman–Crippen LogP) is 5.23. The third kappa shape index (κ3) is 5.08. The molecule has 8 nitrogen and oxygen atoms in total. The minimum absolute atomic E-state index is 0.200. The summed E-state index contributed by atoms with van der Waals surface area (Å²) < 4.78 is 33.9. The Kier molecular flexibility index (Phi) is 8.77. The number of aromatic nitrogens is 3. The summed E-state index contributed by atoms with van der Waals surface area (Å²) >= 11 is 6.25. The van der Waals surface area contributed by atoms with Gasteiger partial charge in [-0.15, -0.1) is 0 Å². The topological polar surface area (TPSA) is 76.9 Å². The Bertz CT molecular complexity index is 921. The van der Waals surface area contributed by atoms with E-state index < -0.39 is 24.1 Å². The summed E-state index contributed by atoms with van der Waals surface area (Å²) in [6.07, 6.45) is 2.11. The van der Waals surface area contributed by atoms with Gasteiger partial charge in [0.15, 0.2) is 6.23 Å². The molecule has 2 aromatic rings. The normalized spacial score (nSPS) is 24.3. The smallest absolute Gasteiger partial charge is 0.378 e. The Morgan fingerprint density at radius 2 is 1.76 bits per heavy atom. The molecule has 3 heterocycles. The average Bonchev–Trinajstić information content (AvgIpc) is 3.32. The van der Waals surface area contributed by atoms with Crippen LogP contribution in [0.5, 0.6) is 0 Å². The molecule has 0 spiro atoms. The van der Waals surface area contributed by atoms with E-state index in [1.165, 1.54) is 6.33 Å². The summed E-state index contributed by atoms with van der Waals surface area (Å²) in [5.74, 6) is 0. The van der Waals surface area contributed by atoms with Crippen LogP contribution in [-0.2, 0) is 22.4 Å². The van der Waals surface area contributed by atoms with Gasteiger partial charge in [0.05, 0.1) is 11.5 Å². The van der Waals surface area contributed by atoms with Crippen LogP contribution in [0.1, 0.15) is 54.7 Å². The molecule has 1 saturated heterocycles. The van der Waals surface area contributed by atoms with Crippen molar-refractivity contribution in [2.75, 3.05) is 14.2 Å². The van der Waals surface area contributed by atoms with Crippen molar-refractivity contribution in [3.05, 3.63) is 23.7 Å². The lowest BCUT2D eigenvalue weighted by atomic mass is 10.1. The molecule has 11 heteroatoms. The molecule has 0 aliphatic carbocycles. The van der Waals surface area contributed by atoms with Crippen molar-refractivity contribution in [2.45, 2.75) is 89.6 Å². The van der Waals surface area contributed by atoms with E-state index >= 15 is 0 Å². The van der Waals surface area contributed by atoms with E-state index in [0.29, 0.717) is 21.9 Å². The molecule has 0 aromatic carbocycles. The van der Waals surface area contributed by atoms with Gasteiger partial charge >= 0.3 is 17.8 Å². The third-order valence-corrected chi connectivity index (χ3v) is 14.0. The van der Waals surface area contributed by atoms with Crippen LogP contribution in [0.2, 0.25) is 21.8 Å². The van der Waals surface area contributed by atoms with Gasteiger partial charge in [0, 0.05) is 20.4 Å². The lowest BCUT2D eigenvalue weighted by Gasteiger charge is -2.40. The van der Waals surface area contributed by atoms with Gasteiger partial charge in [-0.05, 0) is 29.6 Å². The molecule has 1 aliphatic rings. The average molecular weight is 515 g/mol. The van der Waals surface area contributed by atoms with Gasteiger partial charge in [0.25, 0.3) is 0 Å². The maximum absolute atomic E-state index is 6.83. The fourth-order valence-corrected chi connectivity index (χ4v) is 12.5. The molecule has 0 amide bonds. The van der Waals surface area contributed by atoms with Crippen LogP contribution in [-0.4, -0.2) is 64.9 Å². The van der Waals surface area contributed by atoms with E-state index in [2.05, 4.69) is 51.5 Å². The Morgan fingerprint density at radius 3 is 2.30 bits per heavy atom. The first kappa shape index (κ1) is 26.7. The number of hydrogen-bond acceptors (Lipinski definition) is 7. The monoisotopic (exact) mass is 514 g/mol. The van der Waals surface area contributed by atoms with Gasteiger partial charge in [0.1, 0.15) is 29.3 Å². The SMILES string of the molecule is CO[C@@H]1[C@H](O[Si](O[Si](OC)(C(C)C)C(C)C)C(C)C)[C@@H](C)O[C@H]1n1ccc2c(Cl)ncnc21. The summed E-state index contributed by atoms with van der Waals surface area (Å²) in [4.78, 5) is 8.48. The van der Waals surface area contributed by atoms with Gasteiger partial charge in [-0.2, -0.15) is 0 Å². The Hall–Kier alpha value is -0.856. The quantitative estimate of drug-likeness (QED) is 0.317. The first-order valence-corrected chi connectivity index (χ1v) is 15.2. The van der Waals surface area contributed by atoms with Crippen molar-refractivity contribution in [1.82, 2.24) is 14.5 Å². The van der Waals surface area contributed by atoms with E-state index in [1.54, 1.807) is 14.2 Å². The summed E-state index contributed by atoms with van der Waals surface area (Å²) in [6.45, 7) is 15.0. The van der Waals surface area contributed by atoms with Gasteiger partial charge in [-0.3, -0.25) is 0 Å². The molecular weight excluding hydrogens is 478 g/mol. The molecule has 2 aromatic heterocycles. The molecule has 185 valence electrons. The third-order valence-electron chi connectivity index (χ3n) is 6.34. The summed E-state index contributed by atoms with van der Waals surface area (Å²) in [7, 11) is -0.731. The largest absolute Gasteiger partial charge is 0.413 e. The molecule has 0 saturated carbocycles. The molecule has 1 radical (unpaired) electrons. The maximum atomic E-state index is 6.83. The second-order valence-electron chi connectivity index (χ2n) is 9.45. The van der Waals surface area contributed by atoms with Gasteiger partial charge < -0.3 is 27.0 Å². The molecule has 3 rings (SSSR count). The lowest BCUT2D eigenvalue weighted by molar-refractivity contribution is -0.0466. The van der Waals surface area contributed by atoms with Crippen LogP contribution < -0.4 is 0 Å². The predicted molar refractivity (Wildman–Crippen MR) is 133 cm³/mol. The van der Waals surface area contributed by atoms with Crippen LogP contribution >= 0.6 is 11.6 Å². The highest BCUT2D eigenvalue weighted by molar-refractivity contribution is 6.76. The van der Waals surface area contributed by atoms with Gasteiger partial charge in [0.2, 0.25) is 0 Å². The zero-order valence-corrected chi connectivity index (χ0v) is 23.8. The number of hydrogen-bond donors (Lipinski definition) is 0. The van der Waals surface area contributed by atoms with Crippen LogP contribution in [0.3, 0.4) is 0 Å². The number of ether oxygens (including phenoxy) is 2. The molecule has 1 aliphatic heterocycles. The zero-order chi connectivity index (χ0) is 24.5. The molecule has 1 fully saturated rings. The summed E-state index contributed by atoms with van der Waals surface area (Å²) in [5.41, 5.74) is 1.51. The fraction of sp³-hybridized carbons (Fsp3) is 0.727. The first-order chi connectivity index (χ1) is 15.6. The highest BCUT2D eigenvalue weighted by Gasteiger charge is 2.51. The van der Waals surface area contributed by atoms with E-state index in [1.807, 2.05) is 23.8 Å². The summed E-state index contributed by atoms with van der Waals surface area (Å²) in [6, 6.07) is 1.89. The van der Waals surface area contributed by atoms with Crippen LogP contribution in [0.15, 0.2) is 18.6 Å². The number of nitrogens with zero attached hydrogens (tertiary/aromatic N) is 3. The molecule has 0 bridgehead atoms. The molecule has 0 unspecified atom stereocenters. The Labute approximate surface area is 205 Å². The van der Waals surface area contributed by atoms with Crippen molar-refractivity contribution in [3.8, 4) is 0 Å². The molecule has 4 atom stereocenters. The maximum Gasteiger partial charge on any atom is 0.378 e. The molecule has 0 N–H and O–H groups in total. The van der Waals surface area contributed by atoms with Crippen LogP contribution in [0.25, 0.3) is 11.0 Å². The highest BCUT2D eigenvalue weighted by atomic mass is 35.5. The fourth-order valence-electron chi connectivity index (χ4n) is 4.57. The minimum atomic E-state index is -2.49. The number of halogens is 1. The number of rotatable bonds is 10. The molecular formula is C22H37ClN3O5Si2. The summed E-state index contributed by atoms with van der Waals surface area (Å²) in [5, 5.41) is 1.18. The highest BCUT2D eigenvalue weighted by Crippen LogP contribution is 2.39. The molecule has 33 heavy (non-hydrogen) atoms. The van der Waals surface area contributed by atoms with Gasteiger partial charge in [-0.25, -0.2) is 9.97 Å². The Balaban J connectivity index is 1.89. The number of methoxy groups -OCH3 is 1. The van der Waals surface area contributed by atoms with Crippen molar-refractivity contribution < 1.29 is 22.4 Å². The van der Waals surface area contributed by atoms with E-state index in [0.717, 1.165) is 5.39 Å². The van der Waals surface area contributed by atoms with Crippen molar-refractivity contribution >= 4 is 40.5 Å². The van der Waals surface area contributed by atoms with Crippen LogP contribution in [0.4, 0.5) is 0 Å². The van der Waals surface area contributed by atoms with E-state index in [-0.39, 0.29) is 23.9 Å². The van der Waals surface area contributed by atoms with Crippen LogP contribution in [0, 0.1) is 0 Å². The van der Waals surface area contributed by atoms with Gasteiger partial charge in [-0.1, -0.05) is 53.1 Å². The second-order valence-corrected chi connectivity index (χ2v) is 16.8. The van der Waals surface area contributed by atoms with Crippen molar-refractivity contribution in [2.24, 2.45) is 0 Å². The van der Waals surface area contributed by atoms with E-state index in [9.17, 15) is 0 Å². The number of fused-ring (bicyclic) bond motifs is 1. The first-order valence-electron chi connectivity index (χ1n) is 11.5. The second kappa shape index (κ2) is 10.8. The standard InChI is InChI=1S/C22H37ClN3O5Si2/c1-13(2)32(31-33(28-9,14(3)4)15(5)6)30-18-16(7)29-22(19(18)27-8)26-11-10-17-20(23)24-12-25-21(17)26/h10-16,18-19,22H,1-9H3/t16-,18-,19-,22-/m1/s1.